The molecule has 7 heteroatoms. The third-order valence-electron chi connectivity index (χ3n) is 2.14. The predicted octanol–water partition coefficient (Wildman–Crippen LogP) is 2.88. The Morgan fingerprint density at radius 1 is 1.44 bits per heavy atom. The van der Waals surface area contributed by atoms with Crippen molar-refractivity contribution >= 4 is 11.8 Å². The average Bonchev–Trinajstić information content (AvgIpc) is 2.63. The molecule has 0 unspecified atom stereocenters. The van der Waals surface area contributed by atoms with Gasteiger partial charge in [-0.15, -0.1) is 0 Å². The molecule has 1 N–H and O–H groups in total. The van der Waals surface area contributed by atoms with Crippen LogP contribution in [0.15, 0.2) is 12.3 Å². The second-order valence-corrected chi connectivity index (χ2v) is 5.55. The molecule has 0 aromatic carbocycles. The van der Waals surface area contributed by atoms with Crippen LogP contribution in [-0.2, 0) is 13.1 Å². The summed E-state index contributed by atoms with van der Waals surface area (Å²) in [7, 11) is 0. The van der Waals surface area contributed by atoms with Crippen molar-refractivity contribution in [3.8, 4) is 0 Å². The number of hydrogen-bond acceptors (Lipinski definition) is 3. The van der Waals surface area contributed by atoms with Crippen LogP contribution in [0.3, 0.4) is 0 Å². The van der Waals surface area contributed by atoms with E-state index >= 15 is 0 Å². The highest BCUT2D eigenvalue weighted by molar-refractivity contribution is 8.00. The molecule has 0 atom stereocenters. The second kappa shape index (κ2) is 7.04. The van der Waals surface area contributed by atoms with Crippen LogP contribution >= 0.6 is 11.8 Å². The zero-order valence-corrected chi connectivity index (χ0v) is 11.3. The molecule has 1 aromatic heterocycles. The maximum absolute atomic E-state index is 11.9. The normalized spacial score (nSPS) is 12.3. The second-order valence-electron chi connectivity index (χ2n) is 4.39. The highest BCUT2D eigenvalue weighted by Crippen LogP contribution is 2.29. The maximum Gasteiger partial charge on any atom is 0.441 e. The van der Waals surface area contributed by atoms with E-state index in [1.807, 2.05) is 6.07 Å². The molecule has 0 radical (unpaired) electrons. The van der Waals surface area contributed by atoms with Crippen molar-refractivity contribution in [2.75, 3.05) is 12.3 Å². The van der Waals surface area contributed by atoms with Crippen LogP contribution in [-0.4, -0.2) is 27.6 Å². The molecule has 18 heavy (non-hydrogen) atoms. The van der Waals surface area contributed by atoms with Gasteiger partial charge in [-0.3, -0.25) is 4.68 Å². The van der Waals surface area contributed by atoms with Gasteiger partial charge in [-0.25, -0.2) is 0 Å². The first kappa shape index (κ1) is 15.4. The van der Waals surface area contributed by atoms with Crippen LogP contribution < -0.4 is 5.32 Å². The number of thioether (sulfide) groups is 1. The van der Waals surface area contributed by atoms with Crippen LogP contribution in [0.2, 0.25) is 0 Å². The molecule has 0 amide bonds. The molecule has 0 aliphatic heterocycles. The van der Waals surface area contributed by atoms with Crippen molar-refractivity contribution in [2.45, 2.75) is 32.4 Å². The van der Waals surface area contributed by atoms with Gasteiger partial charge in [-0.2, -0.15) is 18.3 Å². The standard InChI is InChI=1S/C11H18F3N3S/c1-9(2)7-15-8-10-3-4-17(16-10)5-6-18-11(12,13)14/h3-4,9,15H,5-8H2,1-2H3. The molecule has 0 bridgehead atoms. The number of aromatic nitrogens is 2. The topological polar surface area (TPSA) is 29.9 Å². The maximum atomic E-state index is 11.9. The van der Waals surface area contributed by atoms with E-state index in [0.717, 1.165) is 12.2 Å². The Morgan fingerprint density at radius 3 is 2.78 bits per heavy atom. The van der Waals surface area contributed by atoms with Gasteiger partial charge in [0.05, 0.1) is 12.2 Å². The zero-order valence-electron chi connectivity index (χ0n) is 10.5. The summed E-state index contributed by atoms with van der Waals surface area (Å²) in [6.07, 6.45) is 1.71. The van der Waals surface area contributed by atoms with Gasteiger partial charge >= 0.3 is 5.51 Å². The zero-order chi connectivity index (χ0) is 13.6. The van der Waals surface area contributed by atoms with E-state index < -0.39 is 5.51 Å². The fraction of sp³-hybridized carbons (Fsp3) is 0.727. The van der Waals surface area contributed by atoms with Gasteiger partial charge in [0.25, 0.3) is 0 Å². The van der Waals surface area contributed by atoms with Crippen LogP contribution in [0.1, 0.15) is 19.5 Å². The van der Waals surface area contributed by atoms with Crippen molar-refractivity contribution in [1.29, 1.82) is 0 Å². The number of hydrogen-bond donors (Lipinski definition) is 1. The Bertz CT molecular complexity index is 350. The Hall–Kier alpha value is -0.690. The average molecular weight is 281 g/mol. The highest BCUT2D eigenvalue weighted by Gasteiger charge is 2.27. The minimum atomic E-state index is -4.16. The van der Waals surface area contributed by atoms with E-state index in [1.165, 1.54) is 0 Å². The summed E-state index contributed by atoms with van der Waals surface area (Å²) in [6, 6.07) is 1.82. The summed E-state index contributed by atoms with van der Waals surface area (Å²) < 4.78 is 37.3. The number of halogens is 3. The van der Waals surface area contributed by atoms with E-state index in [9.17, 15) is 13.2 Å². The van der Waals surface area contributed by atoms with E-state index in [-0.39, 0.29) is 24.1 Å². The Balaban J connectivity index is 2.26. The quantitative estimate of drug-likeness (QED) is 0.833. The number of nitrogens with zero attached hydrogens (tertiary/aromatic N) is 2. The molecule has 0 saturated carbocycles. The monoisotopic (exact) mass is 281 g/mol. The van der Waals surface area contributed by atoms with Gasteiger partial charge in [-0.05, 0) is 30.3 Å². The number of alkyl halides is 3. The molecule has 0 saturated heterocycles. The lowest BCUT2D eigenvalue weighted by molar-refractivity contribution is -0.0328. The molecule has 0 fully saturated rings. The summed E-state index contributed by atoms with van der Waals surface area (Å²) in [5.74, 6) is 0.555. The Morgan fingerprint density at radius 2 is 2.17 bits per heavy atom. The van der Waals surface area contributed by atoms with Gasteiger partial charge in [0.15, 0.2) is 0 Å². The molecule has 1 rings (SSSR count). The molecule has 1 aromatic rings. The molecular weight excluding hydrogens is 263 g/mol. The predicted molar refractivity (Wildman–Crippen MR) is 67.3 cm³/mol. The van der Waals surface area contributed by atoms with Crippen molar-refractivity contribution in [3.63, 3.8) is 0 Å². The first-order valence-electron chi connectivity index (χ1n) is 5.80. The van der Waals surface area contributed by atoms with Crippen molar-refractivity contribution < 1.29 is 13.2 Å². The van der Waals surface area contributed by atoms with E-state index in [1.54, 1.807) is 10.9 Å². The molecule has 1 heterocycles. The first-order valence-corrected chi connectivity index (χ1v) is 6.79. The lowest BCUT2D eigenvalue weighted by Crippen LogP contribution is -2.19. The molecular formula is C11H18F3N3S. The van der Waals surface area contributed by atoms with E-state index in [0.29, 0.717) is 12.5 Å². The first-order chi connectivity index (χ1) is 8.37. The summed E-state index contributed by atoms with van der Waals surface area (Å²) >= 11 is -0.0170. The van der Waals surface area contributed by atoms with Crippen LogP contribution in [0.4, 0.5) is 13.2 Å². The van der Waals surface area contributed by atoms with Crippen molar-refractivity contribution in [1.82, 2.24) is 15.1 Å². The Labute approximate surface area is 109 Å². The van der Waals surface area contributed by atoms with E-state index in [2.05, 4.69) is 24.3 Å². The fourth-order valence-corrected chi connectivity index (χ4v) is 1.88. The summed E-state index contributed by atoms with van der Waals surface area (Å²) in [5.41, 5.74) is -3.30. The largest absolute Gasteiger partial charge is 0.441 e. The van der Waals surface area contributed by atoms with Gasteiger partial charge < -0.3 is 5.32 Å². The summed E-state index contributed by atoms with van der Waals surface area (Å²) in [6.45, 7) is 6.04. The third-order valence-corrected chi connectivity index (χ3v) is 2.85. The van der Waals surface area contributed by atoms with E-state index in [4.69, 9.17) is 0 Å². The SMILES string of the molecule is CC(C)CNCc1ccn(CCSC(F)(F)F)n1. The fourth-order valence-electron chi connectivity index (χ4n) is 1.37. The summed E-state index contributed by atoms with van der Waals surface area (Å²) in [5, 5.41) is 7.43. The molecule has 3 nitrogen and oxygen atoms in total. The molecule has 0 aliphatic rings. The van der Waals surface area contributed by atoms with Crippen molar-refractivity contribution in [3.05, 3.63) is 18.0 Å². The third kappa shape index (κ3) is 6.90. The highest BCUT2D eigenvalue weighted by atomic mass is 32.2. The minimum absolute atomic E-state index is 0.00988. The van der Waals surface area contributed by atoms with Gasteiger partial charge in [0.1, 0.15) is 0 Å². The van der Waals surface area contributed by atoms with Crippen molar-refractivity contribution in [2.24, 2.45) is 5.92 Å². The molecule has 0 aliphatic carbocycles. The molecule has 104 valence electrons. The van der Waals surface area contributed by atoms with Crippen LogP contribution in [0.5, 0.6) is 0 Å². The van der Waals surface area contributed by atoms with Crippen LogP contribution in [0, 0.1) is 5.92 Å². The van der Waals surface area contributed by atoms with Gasteiger partial charge in [-0.1, -0.05) is 13.8 Å². The molecule has 0 spiro atoms. The number of rotatable bonds is 7. The summed E-state index contributed by atoms with van der Waals surface area (Å²) in [4.78, 5) is 0. The number of nitrogens with one attached hydrogen (secondary N) is 1. The van der Waals surface area contributed by atoms with Gasteiger partial charge in [0.2, 0.25) is 0 Å². The van der Waals surface area contributed by atoms with Gasteiger partial charge in [0, 0.05) is 18.5 Å². The number of aryl methyl sites for hydroxylation is 1. The smallest absolute Gasteiger partial charge is 0.311 e. The van der Waals surface area contributed by atoms with Crippen LogP contribution in [0.25, 0.3) is 0 Å². The minimum Gasteiger partial charge on any atom is -0.311 e. The lowest BCUT2D eigenvalue weighted by atomic mass is 10.2. The Kier molecular flexibility index (Phi) is 6.01. The lowest BCUT2D eigenvalue weighted by Gasteiger charge is -2.06.